The second kappa shape index (κ2) is 8.39. The molecule has 0 aromatic heterocycles. The van der Waals surface area contributed by atoms with E-state index in [2.05, 4.69) is 17.0 Å². The second-order valence-electron chi connectivity index (χ2n) is 6.30. The first-order valence-corrected chi connectivity index (χ1v) is 10.4. The summed E-state index contributed by atoms with van der Waals surface area (Å²) >= 11 is 5.85. The largest absolute Gasteiger partial charge is 0.497 e. The topological polar surface area (TPSA) is 49.9 Å². The zero-order chi connectivity index (χ0) is 18.6. The first-order chi connectivity index (χ1) is 12.5. The Hall–Kier alpha value is -1.60. The Morgan fingerprint density at radius 2 is 1.58 bits per heavy atom. The molecule has 7 heteroatoms. The van der Waals surface area contributed by atoms with Gasteiger partial charge >= 0.3 is 0 Å². The zero-order valence-corrected chi connectivity index (χ0v) is 16.3. The van der Waals surface area contributed by atoms with Crippen molar-refractivity contribution in [1.82, 2.24) is 9.21 Å². The molecule has 0 aliphatic carbocycles. The number of methoxy groups -OCH3 is 1. The van der Waals surface area contributed by atoms with E-state index in [0.717, 1.165) is 31.8 Å². The van der Waals surface area contributed by atoms with Gasteiger partial charge < -0.3 is 9.64 Å². The summed E-state index contributed by atoms with van der Waals surface area (Å²) in [7, 11) is -1.78. The summed E-state index contributed by atoms with van der Waals surface area (Å²) in [4.78, 5) is 2.60. The van der Waals surface area contributed by atoms with Crippen molar-refractivity contribution in [3.8, 4) is 5.75 Å². The van der Waals surface area contributed by atoms with Crippen molar-refractivity contribution in [3.05, 3.63) is 59.1 Å². The zero-order valence-electron chi connectivity index (χ0n) is 14.8. The van der Waals surface area contributed by atoms with Gasteiger partial charge in [-0.25, -0.2) is 8.42 Å². The van der Waals surface area contributed by atoms with Crippen molar-refractivity contribution in [2.24, 2.45) is 0 Å². The highest BCUT2D eigenvalue weighted by atomic mass is 35.5. The van der Waals surface area contributed by atoms with Gasteiger partial charge in [-0.2, -0.15) is 4.31 Å². The standard InChI is InChI=1S/C19H23ClN2O3S/c1-25-18-6-2-16(3-7-18)10-11-21-12-14-22(15-13-21)26(23,24)19-8-4-17(20)5-9-19/h2-9H,10-15H2,1H3. The lowest BCUT2D eigenvalue weighted by Gasteiger charge is -2.34. The Bertz CT molecular complexity index is 815. The molecule has 26 heavy (non-hydrogen) atoms. The minimum absolute atomic E-state index is 0.300. The van der Waals surface area contributed by atoms with E-state index in [4.69, 9.17) is 16.3 Å². The van der Waals surface area contributed by atoms with E-state index in [0.29, 0.717) is 23.0 Å². The molecule has 1 heterocycles. The number of hydrogen-bond donors (Lipinski definition) is 0. The molecule has 0 saturated carbocycles. The maximum Gasteiger partial charge on any atom is 0.243 e. The van der Waals surface area contributed by atoms with Crippen LogP contribution >= 0.6 is 11.6 Å². The lowest BCUT2D eigenvalue weighted by molar-refractivity contribution is 0.190. The molecule has 3 rings (SSSR count). The molecule has 2 aromatic rings. The predicted octanol–water partition coefficient (Wildman–Crippen LogP) is 2.90. The van der Waals surface area contributed by atoms with Crippen LogP contribution in [-0.2, 0) is 16.4 Å². The van der Waals surface area contributed by atoms with Crippen molar-refractivity contribution >= 4 is 21.6 Å². The number of nitrogens with zero attached hydrogens (tertiary/aromatic N) is 2. The summed E-state index contributed by atoms with van der Waals surface area (Å²) in [6.45, 7) is 3.41. The summed E-state index contributed by atoms with van der Waals surface area (Å²) in [6, 6.07) is 14.4. The average molecular weight is 395 g/mol. The van der Waals surface area contributed by atoms with Gasteiger partial charge in [-0.3, -0.25) is 0 Å². The van der Waals surface area contributed by atoms with Crippen LogP contribution in [0.2, 0.25) is 5.02 Å². The molecular formula is C19H23ClN2O3S. The lowest BCUT2D eigenvalue weighted by atomic mass is 10.1. The van der Waals surface area contributed by atoms with E-state index >= 15 is 0 Å². The van der Waals surface area contributed by atoms with Crippen molar-refractivity contribution in [2.75, 3.05) is 39.8 Å². The molecule has 140 valence electrons. The average Bonchev–Trinajstić information content (AvgIpc) is 2.67. The van der Waals surface area contributed by atoms with Crippen LogP contribution in [0.15, 0.2) is 53.4 Å². The van der Waals surface area contributed by atoms with Gasteiger partial charge in [0, 0.05) is 37.7 Å². The number of ether oxygens (including phenoxy) is 1. The van der Waals surface area contributed by atoms with Gasteiger partial charge in [-0.05, 0) is 48.4 Å². The summed E-state index contributed by atoms with van der Waals surface area (Å²) in [5.74, 6) is 0.856. The Balaban J connectivity index is 1.52. The van der Waals surface area contributed by atoms with Gasteiger partial charge in [-0.1, -0.05) is 23.7 Å². The van der Waals surface area contributed by atoms with Gasteiger partial charge in [0.25, 0.3) is 0 Å². The third-order valence-corrected chi connectivity index (χ3v) is 6.82. The fraction of sp³-hybridized carbons (Fsp3) is 0.368. The fourth-order valence-electron chi connectivity index (χ4n) is 3.03. The Kier molecular flexibility index (Phi) is 6.19. The van der Waals surface area contributed by atoms with Crippen LogP contribution in [0.25, 0.3) is 0 Å². The van der Waals surface area contributed by atoms with Crippen LogP contribution < -0.4 is 4.74 Å². The minimum Gasteiger partial charge on any atom is -0.497 e. The number of piperazine rings is 1. The SMILES string of the molecule is COc1ccc(CCN2CCN(S(=O)(=O)c3ccc(Cl)cc3)CC2)cc1. The van der Waals surface area contributed by atoms with E-state index in [1.807, 2.05) is 12.1 Å². The fourth-order valence-corrected chi connectivity index (χ4v) is 4.58. The van der Waals surface area contributed by atoms with Crippen LogP contribution in [0.1, 0.15) is 5.56 Å². The monoisotopic (exact) mass is 394 g/mol. The van der Waals surface area contributed by atoms with Crippen LogP contribution in [0.5, 0.6) is 5.75 Å². The normalized spacial score (nSPS) is 16.5. The quantitative estimate of drug-likeness (QED) is 0.755. The smallest absolute Gasteiger partial charge is 0.243 e. The molecule has 5 nitrogen and oxygen atoms in total. The molecular weight excluding hydrogens is 372 g/mol. The minimum atomic E-state index is -3.44. The molecule has 1 saturated heterocycles. The number of sulfonamides is 1. The third kappa shape index (κ3) is 4.57. The van der Waals surface area contributed by atoms with Gasteiger partial charge in [0.2, 0.25) is 10.0 Å². The molecule has 1 fully saturated rings. The molecule has 0 radical (unpaired) electrons. The maximum atomic E-state index is 12.7. The maximum absolute atomic E-state index is 12.7. The molecule has 0 unspecified atom stereocenters. The molecule has 0 spiro atoms. The highest BCUT2D eigenvalue weighted by Gasteiger charge is 2.28. The van der Waals surface area contributed by atoms with Crippen LogP contribution in [-0.4, -0.2) is 57.5 Å². The summed E-state index contributed by atoms with van der Waals surface area (Å²) in [6.07, 6.45) is 0.938. The van der Waals surface area contributed by atoms with Gasteiger partial charge in [0.1, 0.15) is 5.75 Å². The van der Waals surface area contributed by atoms with Gasteiger partial charge in [0.05, 0.1) is 12.0 Å². The molecule has 0 bridgehead atoms. The molecule has 1 aliphatic rings. The summed E-state index contributed by atoms with van der Waals surface area (Å²) in [5.41, 5.74) is 1.25. The first-order valence-electron chi connectivity index (χ1n) is 8.60. The summed E-state index contributed by atoms with van der Waals surface area (Å²) in [5, 5.41) is 0.535. The van der Waals surface area contributed by atoms with E-state index in [-0.39, 0.29) is 0 Å². The van der Waals surface area contributed by atoms with E-state index in [9.17, 15) is 8.42 Å². The molecule has 2 aromatic carbocycles. The third-order valence-electron chi connectivity index (χ3n) is 4.66. The van der Waals surface area contributed by atoms with Gasteiger partial charge in [-0.15, -0.1) is 0 Å². The van der Waals surface area contributed by atoms with E-state index in [1.54, 1.807) is 35.7 Å². The van der Waals surface area contributed by atoms with Crippen LogP contribution in [0.4, 0.5) is 0 Å². The van der Waals surface area contributed by atoms with Crippen molar-refractivity contribution < 1.29 is 13.2 Å². The Morgan fingerprint density at radius 1 is 0.962 bits per heavy atom. The Labute approximate surface area is 160 Å². The molecule has 0 atom stereocenters. The van der Waals surface area contributed by atoms with E-state index in [1.165, 1.54) is 5.56 Å². The van der Waals surface area contributed by atoms with Crippen molar-refractivity contribution in [1.29, 1.82) is 0 Å². The van der Waals surface area contributed by atoms with Crippen LogP contribution in [0.3, 0.4) is 0 Å². The number of benzene rings is 2. The van der Waals surface area contributed by atoms with Crippen LogP contribution in [0, 0.1) is 0 Å². The van der Waals surface area contributed by atoms with Gasteiger partial charge in [0.15, 0.2) is 0 Å². The highest BCUT2D eigenvalue weighted by molar-refractivity contribution is 7.89. The van der Waals surface area contributed by atoms with Crippen molar-refractivity contribution in [2.45, 2.75) is 11.3 Å². The number of rotatable bonds is 6. The summed E-state index contributed by atoms with van der Waals surface area (Å²) < 4.78 is 32.1. The molecule has 0 amide bonds. The number of hydrogen-bond acceptors (Lipinski definition) is 4. The molecule has 0 N–H and O–H groups in total. The Morgan fingerprint density at radius 3 is 2.15 bits per heavy atom. The molecule has 1 aliphatic heterocycles. The first kappa shape index (κ1) is 19.2. The predicted molar refractivity (Wildman–Crippen MR) is 103 cm³/mol. The number of halogens is 1. The van der Waals surface area contributed by atoms with E-state index < -0.39 is 10.0 Å². The van der Waals surface area contributed by atoms with Crippen molar-refractivity contribution in [3.63, 3.8) is 0 Å². The lowest BCUT2D eigenvalue weighted by Crippen LogP contribution is -2.48. The highest BCUT2D eigenvalue weighted by Crippen LogP contribution is 2.20. The second-order valence-corrected chi connectivity index (χ2v) is 8.67.